The molecule has 1 aliphatic carbocycles. The molecule has 4 nitrogen and oxygen atoms in total. The van der Waals surface area contributed by atoms with E-state index in [1.807, 2.05) is 0 Å². The Morgan fingerprint density at radius 3 is 2.53 bits per heavy atom. The molecule has 0 aromatic heterocycles. The van der Waals surface area contributed by atoms with E-state index >= 15 is 0 Å². The van der Waals surface area contributed by atoms with Crippen LogP contribution in [0.2, 0.25) is 0 Å². The van der Waals surface area contributed by atoms with Gasteiger partial charge in [0, 0.05) is 13.1 Å². The highest BCUT2D eigenvalue weighted by Crippen LogP contribution is 2.33. The van der Waals surface area contributed by atoms with Crippen molar-refractivity contribution < 1.29 is 8.42 Å². The van der Waals surface area contributed by atoms with Crippen molar-refractivity contribution in [2.75, 3.05) is 25.4 Å². The van der Waals surface area contributed by atoms with Gasteiger partial charge in [0.2, 0.25) is 10.0 Å². The van der Waals surface area contributed by atoms with Gasteiger partial charge in [0.05, 0.1) is 5.75 Å². The molecule has 1 saturated heterocycles. The van der Waals surface area contributed by atoms with Crippen molar-refractivity contribution >= 4 is 10.0 Å². The SMILES string of the molecule is NCCC1CCCN(S(=O)(=O)CCC2CC2)C1. The second-order valence-corrected chi connectivity index (χ2v) is 7.58. The van der Waals surface area contributed by atoms with E-state index in [1.54, 1.807) is 4.31 Å². The fourth-order valence-corrected chi connectivity index (χ4v) is 4.34. The summed E-state index contributed by atoms with van der Waals surface area (Å²) in [6.45, 7) is 2.08. The first kappa shape index (κ1) is 13.3. The Bertz CT molecular complexity index is 336. The summed E-state index contributed by atoms with van der Waals surface area (Å²) in [6.07, 6.45) is 6.39. The van der Waals surface area contributed by atoms with Crippen molar-refractivity contribution in [2.24, 2.45) is 17.6 Å². The van der Waals surface area contributed by atoms with Crippen LogP contribution >= 0.6 is 0 Å². The maximum atomic E-state index is 12.2. The Labute approximate surface area is 105 Å². The van der Waals surface area contributed by atoms with Crippen molar-refractivity contribution in [3.8, 4) is 0 Å². The Morgan fingerprint density at radius 2 is 1.88 bits per heavy atom. The molecule has 0 spiro atoms. The molecule has 1 aliphatic heterocycles. The molecule has 0 bridgehead atoms. The number of nitrogens with two attached hydrogens (primary N) is 1. The van der Waals surface area contributed by atoms with Crippen LogP contribution in [0.25, 0.3) is 0 Å². The summed E-state index contributed by atoms with van der Waals surface area (Å²) >= 11 is 0. The lowest BCUT2D eigenvalue weighted by molar-refractivity contribution is 0.258. The van der Waals surface area contributed by atoms with Crippen LogP contribution in [0.1, 0.15) is 38.5 Å². The van der Waals surface area contributed by atoms with Gasteiger partial charge in [-0.2, -0.15) is 0 Å². The lowest BCUT2D eigenvalue weighted by atomic mass is 9.96. The number of nitrogens with zero attached hydrogens (tertiary/aromatic N) is 1. The molecule has 2 fully saturated rings. The van der Waals surface area contributed by atoms with Crippen LogP contribution in [0.5, 0.6) is 0 Å². The van der Waals surface area contributed by atoms with Crippen molar-refractivity contribution in [1.29, 1.82) is 0 Å². The third-order valence-electron chi connectivity index (χ3n) is 3.93. The summed E-state index contributed by atoms with van der Waals surface area (Å²) in [5.74, 6) is 1.52. The van der Waals surface area contributed by atoms with E-state index in [-0.39, 0.29) is 0 Å². The van der Waals surface area contributed by atoms with Gasteiger partial charge in [0.15, 0.2) is 0 Å². The average Bonchev–Trinajstić information content (AvgIpc) is 3.11. The molecule has 0 aromatic rings. The minimum atomic E-state index is -3.00. The van der Waals surface area contributed by atoms with Crippen LogP contribution in [0.3, 0.4) is 0 Å². The van der Waals surface area contributed by atoms with Crippen LogP contribution < -0.4 is 5.73 Å². The van der Waals surface area contributed by atoms with E-state index < -0.39 is 10.0 Å². The first-order valence-corrected chi connectivity index (χ1v) is 8.40. The number of hydrogen-bond acceptors (Lipinski definition) is 3. The summed E-state index contributed by atoms with van der Waals surface area (Å²) in [7, 11) is -3.00. The quantitative estimate of drug-likeness (QED) is 0.780. The molecule has 0 radical (unpaired) electrons. The van der Waals surface area contributed by atoms with Gasteiger partial charge >= 0.3 is 0 Å². The molecule has 2 rings (SSSR count). The van der Waals surface area contributed by atoms with Crippen molar-refractivity contribution in [3.63, 3.8) is 0 Å². The Morgan fingerprint density at radius 1 is 1.12 bits per heavy atom. The molecule has 1 saturated carbocycles. The van der Waals surface area contributed by atoms with E-state index in [9.17, 15) is 8.42 Å². The third-order valence-corrected chi connectivity index (χ3v) is 5.80. The fraction of sp³-hybridized carbons (Fsp3) is 1.00. The van der Waals surface area contributed by atoms with Crippen LogP contribution in [-0.2, 0) is 10.0 Å². The zero-order valence-corrected chi connectivity index (χ0v) is 11.3. The fourth-order valence-electron chi connectivity index (χ4n) is 2.60. The first-order chi connectivity index (χ1) is 8.12. The van der Waals surface area contributed by atoms with Crippen molar-refractivity contribution in [2.45, 2.75) is 38.5 Å². The molecule has 1 unspecified atom stereocenters. The Kier molecular flexibility index (Phi) is 4.44. The van der Waals surface area contributed by atoms with Gasteiger partial charge in [-0.05, 0) is 44.1 Å². The minimum absolute atomic E-state index is 0.354. The zero-order valence-electron chi connectivity index (χ0n) is 10.5. The molecular weight excluding hydrogens is 236 g/mol. The molecule has 1 atom stereocenters. The topological polar surface area (TPSA) is 63.4 Å². The second kappa shape index (κ2) is 5.67. The maximum Gasteiger partial charge on any atom is 0.214 e. The lowest BCUT2D eigenvalue weighted by Gasteiger charge is -2.31. The number of hydrogen-bond donors (Lipinski definition) is 1. The molecule has 100 valence electrons. The molecule has 1 heterocycles. The van der Waals surface area contributed by atoms with Gasteiger partial charge in [-0.15, -0.1) is 0 Å². The standard InChI is InChI=1S/C12H24N2O2S/c13-7-5-12-2-1-8-14(10-12)17(15,16)9-6-11-3-4-11/h11-12H,1-10,13H2. The number of rotatable bonds is 6. The Hall–Kier alpha value is -0.130. The molecule has 0 aromatic carbocycles. The lowest BCUT2D eigenvalue weighted by Crippen LogP contribution is -2.41. The average molecular weight is 260 g/mol. The molecular formula is C12H24N2O2S. The highest BCUT2D eigenvalue weighted by molar-refractivity contribution is 7.89. The van der Waals surface area contributed by atoms with Crippen molar-refractivity contribution in [3.05, 3.63) is 0 Å². The smallest absolute Gasteiger partial charge is 0.214 e. The van der Waals surface area contributed by atoms with E-state index in [2.05, 4.69) is 0 Å². The van der Waals surface area contributed by atoms with Gasteiger partial charge in [-0.25, -0.2) is 12.7 Å². The van der Waals surface area contributed by atoms with Crippen LogP contribution in [0, 0.1) is 11.8 Å². The highest BCUT2D eigenvalue weighted by atomic mass is 32.2. The molecule has 2 N–H and O–H groups in total. The summed E-state index contributed by atoms with van der Waals surface area (Å²) in [5, 5.41) is 0. The van der Waals surface area contributed by atoms with E-state index in [4.69, 9.17) is 5.73 Å². The maximum absolute atomic E-state index is 12.2. The van der Waals surface area contributed by atoms with Gasteiger partial charge in [-0.3, -0.25) is 0 Å². The van der Waals surface area contributed by atoms with Gasteiger partial charge in [0.1, 0.15) is 0 Å². The molecule has 5 heteroatoms. The number of sulfonamides is 1. The molecule has 17 heavy (non-hydrogen) atoms. The first-order valence-electron chi connectivity index (χ1n) is 6.79. The highest BCUT2D eigenvalue weighted by Gasteiger charge is 2.30. The van der Waals surface area contributed by atoms with E-state index in [0.29, 0.717) is 37.2 Å². The molecule has 0 amide bonds. The monoisotopic (exact) mass is 260 g/mol. The van der Waals surface area contributed by atoms with Crippen LogP contribution in [0.15, 0.2) is 0 Å². The predicted octanol–water partition coefficient (Wildman–Crippen LogP) is 1.18. The van der Waals surface area contributed by atoms with E-state index in [1.165, 1.54) is 12.8 Å². The summed E-state index contributed by atoms with van der Waals surface area (Å²) in [4.78, 5) is 0. The zero-order chi connectivity index (χ0) is 12.3. The molecule has 2 aliphatic rings. The van der Waals surface area contributed by atoms with E-state index in [0.717, 1.165) is 25.7 Å². The van der Waals surface area contributed by atoms with Crippen molar-refractivity contribution in [1.82, 2.24) is 4.31 Å². The normalized spacial score (nSPS) is 27.2. The van der Waals surface area contributed by atoms with Gasteiger partial charge < -0.3 is 5.73 Å². The predicted molar refractivity (Wildman–Crippen MR) is 69.1 cm³/mol. The largest absolute Gasteiger partial charge is 0.330 e. The summed E-state index contributed by atoms with van der Waals surface area (Å²) in [6, 6.07) is 0. The Balaban J connectivity index is 1.85. The van der Waals surface area contributed by atoms with Crippen LogP contribution in [0.4, 0.5) is 0 Å². The third kappa shape index (κ3) is 3.93. The minimum Gasteiger partial charge on any atom is -0.330 e. The second-order valence-electron chi connectivity index (χ2n) is 5.49. The van der Waals surface area contributed by atoms with Gasteiger partial charge in [-0.1, -0.05) is 12.8 Å². The van der Waals surface area contributed by atoms with Crippen LogP contribution in [-0.4, -0.2) is 38.1 Å². The van der Waals surface area contributed by atoms with Gasteiger partial charge in [0.25, 0.3) is 0 Å². The number of piperidine rings is 1. The summed E-state index contributed by atoms with van der Waals surface area (Å²) in [5.41, 5.74) is 5.55. The summed E-state index contributed by atoms with van der Waals surface area (Å²) < 4.78 is 26.0.